The number of aromatic hydroxyl groups is 1. The average Bonchev–Trinajstić information content (AvgIpc) is 2.29. The minimum atomic E-state index is 0.162. The Balaban J connectivity index is 2.39. The van der Waals surface area contributed by atoms with Crippen LogP contribution in [0.2, 0.25) is 0 Å². The molecule has 0 radical (unpaired) electrons. The second-order valence-corrected chi connectivity index (χ2v) is 4.25. The number of hydrogen-bond donors (Lipinski definition) is 3. The average molecular weight is 239 g/mol. The van der Waals surface area contributed by atoms with Crippen molar-refractivity contribution in [2.24, 2.45) is 5.92 Å². The van der Waals surface area contributed by atoms with Gasteiger partial charge in [-0.05, 0) is 36.6 Å². The molecule has 0 aliphatic rings. The van der Waals surface area contributed by atoms with Crippen molar-refractivity contribution >= 4 is 0 Å². The summed E-state index contributed by atoms with van der Waals surface area (Å²) in [5.41, 5.74) is 1.01. The third-order valence-corrected chi connectivity index (χ3v) is 2.69. The molecule has 17 heavy (non-hydrogen) atoms. The van der Waals surface area contributed by atoms with Gasteiger partial charge in [-0.1, -0.05) is 13.0 Å². The highest BCUT2D eigenvalue weighted by atomic mass is 16.5. The molecule has 0 saturated carbocycles. The monoisotopic (exact) mass is 239 g/mol. The highest BCUT2D eigenvalue weighted by Crippen LogP contribution is 2.25. The molecule has 1 aromatic rings. The lowest BCUT2D eigenvalue weighted by atomic mass is 10.1. The van der Waals surface area contributed by atoms with Crippen LogP contribution in [0.15, 0.2) is 18.2 Å². The van der Waals surface area contributed by atoms with Crippen molar-refractivity contribution in [3.05, 3.63) is 23.8 Å². The Labute approximate surface area is 102 Å². The molecule has 0 amide bonds. The van der Waals surface area contributed by atoms with Crippen LogP contribution in [0.3, 0.4) is 0 Å². The van der Waals surface area contributed by atoms with Crippen molar-refractivity contribution in [2.75, 3.05) is 20.3 Å². The molecule has 0 aliphatic carbocycles. The molecule has 0 aliphatic heterocycles. The molecule has 0 fully saturated rings. The molecule has 96 valence electrons. The maximum Gasteiger partial charge on any atom is 0.160 e. The van der Waals surface area contributed by atoms with Gasteiger partial charge >= 0.3 is 0 Å². The maximum absolute atomic E-state index is 9.60. The first-order valence-electron chi connectivity index (χ1n) is 5.84. The fourth-order valence-corrected chi connectivity index (χ4v) is 1.63. The Morgan fingerprint density at radius 1 is 1.41 bits per heavy atom. The van der Waals surface area contributed by atoms with Crippen molar-refractivity contribution in [1.29, 1.82) is 0 Å². The molecule has 4 heteroatoms. The highest BCUT2D eigenvalue weighted by Gasteiger charge is 2.03. The van der Waals surface area contributed by atoms with Crippen molar-refractivity contribution in [3.63, 3.8) is 0 Å². The van der Waals surface area contributed by atoms with Crippen LogP contribution in [0.25, 0.3) is 0 Å². The molecule has 4 nitrogen and oxygen atoms in total. The molecule has 0 saturated heterocycles. The minimum absolute atomic E-state index is 0.162. The quantitative estimate of drug-likeness (QED) is 0.675. The summed E-state index contributed by atoms with van der Waals surface area (Å²) in [7, 11) is 1.53. The SMILES string of the molecule is COc1ccc(CNCC(C)CCO)cc1O. The fraction of sp³-hybridized carbons (Fsp3) is 0.538. The van der Waals surface area contributed by atoms with E-state index in [-0.39, 0.29) is 12.4 Å². The van der Waals surface area contributed by atoms with E-state index < -0.39 is 0 Å². The van der Waals surface area contributed by atoms with E-state index in [4.69, 9.17) is 9.84 Å². The Hall–Kier alpha value is -1.26. The largest absolute Gasteiger partial charge is 0.504 e. The van der Waals surface area contributed by atoms with E-state index in [2.05, 4.69) is 12.2 Å². The summed E-state index contributed by atoms with van der Waals surface area (Å²) in [5, 5.41) is 21.7. The summed E-state index contributed by atoms with van der Waals surface area (Å²) in [4.78, 5) is 0. The fourth-order valence-electron chi connectivity index (χ4n) is 1.63. The summed E-state index contributed by atoms with van der Waals surface area (Å²) in [5.74, 6) is 1.10. The molecule has 0 bridgehead atoms. The maximum atomic E-state index is 9.60. The second kappa shape index (κ2) is 7.14. The van der Waals surface area contributed by atoms with E-state index in [1.807, 2.05) is 6.07 Å². The molecule has 0 aromatic heterocycles. The molecule has 1 aromatic carbocycles. The summed E-state index contributed by atoms with van der Waals surface area (Å²) >= 11 is 0. The van der Waals surface area contributed by atoms with Crippen LogP contribution < -0.4 is 10.1 Å². The number of hydrogen-bond acceptors (Lipinski definition) is 4. The van der Waals surface area contributed by atoms with Gasteiger partial charge in [0.1, 0.15) is 0 Å². The molecule has 3 N–H and O–H groups in total. The predicted molar refractivity (Wildman–Crippen MR) is 67.2 cm³/mol. The number of ether oxygens (including phenoxy) is 1. The molecule has 0 heterocycles. The first kappa shape index (κ1) is 13.8. The van der Waals surface area contributed by atoms with Crippen LogP contribution in [-0.2, 0) is 6.54 Å². The minimum Gasteiger partial charge on any atom is -0.504 e. The van der Waals surface area contributed by atoms with Crippen molar-refractivity contribution < 1.29 is 14.9 Å². The molecule has 0 spiro atoms. The number of methoxy groups -OCH3 is 1. The number of aliphatic hydroxyl groups excluding tert-OH is 1. The van der Waals surface area contributed by atoms with Gasteiger partial charge in [0.25, 0.3) is 0 Å². The van der Waals surface area contributed by atoms with Gasteiger partial charge in [-0.3, -0.25) is 0 Å². The first-order valence-corrected chi connectivity index (χ1v) is 5.84. The Morgan fingerprint density at radius 3 is 2.76 bits per heavy atom. The zero-order valence-electron chi connectivity index (χ0n) is 10.4. The molecule has 1 atom stereocenters. The zero-order valence-corrected chi connectivity index (χ0v) is 10.4. The van der Waals surface area contributed by atoms with Gasteiger partial charge in [-0.15, -0.1) is 0 Å². The third-order valence-electron chi connectivity index (χ3n) is 2.69. The van der Waals surface area contributed by atoms with Gasteiger partial charge in [0.2, 0.25) is 0 Å². The van der Waals surface area contributed by atoms with E-state index >= 15 is 0 Å². The van der Waals surface area contributed by atoms with Crippen LogP contribution in [0, 0.1) is 5.92 Å². The number of aliphatic hydroxyl groups is 1. The van der Waals surface area contributed by atoms with E-state index in [0.717, 1.165) is 18.5 Å². The van der Waals surface area contributed by atoms with Gasteiger partial charge in [0.15, 0.2) is 11.5 Å². The van der Waals surface area contributed by atoms with Gasteiger partial charge < -0.3 is 20.3 Å². The van der Waals surface area contributed by atoms with Gasteiger partial charge in [0, 0.05) is 13.2 Å². The van der Waals surface area contributed by atoms with Gasteiger partial charge in [-0.25, -0.2) is 0 Å². The number of benzene rings is 1. The van der Waals surface area contributed by atoms with E-state index in [1.165, 1.54) is 7.11 Å². The lowest BCUT2D eigenvalue weighted by Gasteiger charge is -2.11. The first-order chi connectivity index (χ1) is 8.17. The van der Waals surface area contributed by atoms with Gasteiger partial charge in [-0.2, -0.15) is 0 Å². The smallest absolute Gasteiger partial charge is 0.160 e. The summed E-state index contributed by atoms with van der Waals surface area (Å²) < 4.78 is 4.98. The predicted octanol–water partition coefficient (Wildman–Crippen LogP) is 1.51. The van der Waals surface area contributed by atoms with Crippen LogP contribution >= 0.6 is 0 Å². The number of phenols is 1. The summed E-state index contributed by atoms with van der Waals surface area (Å²) in [6.45, 7) is 3.88. The van der Waals surface area contributed by atoms with Crippen molar-refractivity contribution in [1.82, 2.24) is 5.32 Å². The lowest BCUT2D eigenvalue weighted by Crippen LogP contribution is -2.21. The highest BCUT2D eigenvalue weighted by molar-refractivity contribution is 5.41. The molecule has 1 rings (SSSR count). The van der Waals surface area contributed by atoms with Crippen molar-refractivity contribution in [2.45, 2.75) is 19.9 Å². The molecular weight excluding hydrogens is 218 g/mol. The molecule has 1 unspecified atom stereocenters. The van der Waals surface area contributed by atoms with Gasteiger partial charge in [0.05, 0.1) is 7.11 Å². The van der Waals surface area contributed by atoms with E-state index in [1.54, 1.807) is 12.1 Å². The summed E-state index contributed by atoms with van der Waals surface area (Å²) in [6.07, 6.45) is 0.806. The summed E-state index contributed by atoms with van der Waals surface area (Å²) in [6, 6.07) is 5.37. The number of phenolic OH excluding ortho intramolecular Hbond substituents is 1. The van der Waals surface area contributed by atoms with Crippen LogP contribution in [-0.4, -0.2) is 30.5 Å². The van der Waals surface area contributed by atoms with Crippen LogP contribution in [0.1, 0.15) is 18.9 Å². The number of nitrogens with one attached hydrogen (secondary N) is 1. The Bertz CT molecular complexity index is 341. The zero-order chi connectivity index (χ0) is 12.7. The Morgan fingerprint density at radius 2 is 2.18 bits per heavy atom. The van der Waals surface area contributed by atoms with E-state index in [9.17, 15) is 5.11 Å². The number of rotatable bonds is 7. The van der Waals surface area contributed by atoms with E-state index in [0.29, 0.717) is 18.2 Å². The lowest BCUT2D eigenvalue weighted by molar-refractivity contribution is 0.260. The normalized spacial score (nSPS) is 12.4. The molecular formula is C13H21NO3. The topological polar surface area (TPSA) is 61.7 Å². The standard InChI is InChI=1S/C13H21NO3/c1-10(5-6-15)8-14-9-11-3-4-13(17-2)12(16)7-11/h3-4,7,10,14-16H,5-6,8-9H2,1-2H3. The van der Waals surface area contributed by atoms with Crippen LogP contribution in [0.5, 0.6) is 11.5 Å². The van der Waals surface area contributed by atoms with Crippen molar-refractivity contribution in [3.8, 4) is 11.5 Å². The Kier molecular flexibility index (Phi) is 5.80. The third kappa shape index (κ3) is 4.63. The second-order valence-electron chi connectivity index (χ2n) is 4.25. The van der Waals surface area contributed by atoms with Crippen LogP contribution in [0.4, 0.5) is 0 Å².